The third kappa shape index (κ3) is 2.25. The Balaban J connectivity index is 1.83. The number of hydrogen-bond acceptors (Lipinski definition) is 5. The maximum atomic E-state index is 12.2. The highest BCUT2D eigenvalue weighted by molar-refractivity contribution is 6.05. The van der Waals surface area contributed by atoms with Crippen molar-refractivity contribution in [1.29, 1.82) is 0 Å². The SMILES string of the molecule is Cc1noc(C)c1C(=O)Nc1ccc2c(c1)COCO2. The number of benzene rings is 1. The highest BCUT2D eigenvalue weighted by Gasteiger charge is 2.18. The van der Waals surface area contributed by atoms with E-state index in [0.717, 1.165) is 11.3 Å². The Kier molecular flexibility index (Phi) is 3.15. The lowest BCUT2D eigenvalue weighted by Crippen LogP contribution is -2.15. The molecule has 1 amide bonds. The van der Waals surface area contributed by atoms with Gasteiger partial charge in [-0.25, -0.2) is 0 Å². The fraction of sp³-hybridized carbons (Fsp3) is 0.286. The molecule has 0 saturated heterocycles. The molecule has 20 heavy (non-hydrogen) atoms. The Morgan fingerprint density at radius 3 is 2.95 bits per heavy atom. The van der Waals surface area contributed by atoms with Crippen LogP contribution >= 0.6 is 0 Å². The van der Waals surface area contributed by atoms with Gasteiger partial charge in [0.2, 0.25) is 0 Å². The second-order valence-electron chi connectivity index (χ2n) is 4.59. The zero-order valence-corrected chi connectivity index (χ0v) is 11.2. The van der Waals surface area contributed by atoms with E-state index in [4.69, 9.17) is 14.0 Å². The largest absolute Gasteiger partial charge is 0.467 e. The molecule has 0 spiro atoms. The van der Waals surface area contributed by atoms with Crippen LogP contribution in [0.1, 0.15) is 27.4 Å². The van der Waals surface area contributed by atoms with Gasteiger partial charge >= 0.3 is 0 Å². The first-order valence-corrected chi connectivity index (χ1v) is 6.23. The molecule has 1 N–H and O–H groups in total. The van der Waals surface area contributed by atoms with Gasteiger partial charge in [-0.15, -0.1) is 0 Å². The van der Waals surface area contributed by atoms with Crippen LogP contribution in [0.15, 0.2) is 22.7 Å². The quantitative estimate of drug-likeness (QED) is 0.910. The normalized spacial score (nSPS) is 13.5. The van der Waals surface area contributed by atoms with E-state index >= 15 is 0 Å². The molecule has 104 valence electrons. The van der Waals surface area contributed by atoms with E-state index in [-0.39, 0.29) is 12.7 Å². The minimum Gasteiger partial charge on any atom is -0.467 e. The molecule has 1 aliphatic rings. The van der Waals surface area contributed by atoms with Crippen molar-refractivity contribution in [2.24, 2.45) is 0 Å². The van der Waals surface area contributed by atoms with Crippen molar-refractivity contribution in [2.45, 2.75) is 20.5 Å². The van der Waals surface area contributed by atoms with Crippen molar-refractivity contribution in [3.63, 3.8) is 0 Å². The predicted molar refractivity (Wildman–Crippen MR) is 70.7 cm³/mol. The van der Waals surface area contributed by atoms with Crippen LogP contribution in [0.25, 0.3) is 0 Å². The summed E-state index contributed by atoms with van der Waals surface area (Å²) in [5, 5.41) is 6.60. The summed E-state index contributed by atoms with van der Waals surface area (Å²) >= 11 is 0. The van der Waals surface area contributed by atoms with Gasteiger partial charge in [-0.2, -0.15) is 0 Å². The van der Waals surface area contributed by atoms with Crippen molar-refractivity contribution in [3.8, 4) is 5.75 Å². The van der Waals surface area contributed by atoms with Crippen molar-refractivity contribution >= 4 is 11.6 Å². The molecule has 1 aromatic carbocycles. The highest BCUT2D eigenvalue weighted by Crippen LogP contribution is 2.27. The van der Waals surface area contributed by atoms with Crippen molar-refractivity contribution in [1.82, 2.24) is 5.16 Å². The Labute approximate surface area is 115 Å². The van der Waals surface area contributed by atoms with Crippen LogP contribution in [-0.2, 0) is 11.3 Å². The third-order valence-electron chi connectivity index (χ3n) is 3.13. The standard InChI is InChI=1S/C14H14N2O4/c1-8-13(9(2)20-16-8)14(17)15-11-3-4-12-10(5-11)6-18-7-19-12/h3-5H,6-7H2,1-2H3,(H,15,17). The number of fused-ring (bicyclic) bond motifs is 1. The Morgan fingerprint density at radius 2 is 2.20 bits per heavy atom. The summed E-state index contributed by atoms with van der Waals surface area (Å²) in [4.78, 5) is 12.2. The molecule has 2 heterocycles. The number of hydrogen-bond donors (Lipinski definition) is 1. The predicted octanol–water partition coefficient (Wildman–Crippen LogP) is 2.41. The summed E-state index contributed by atoms with van der Waals surface area (Å²) in [6, 6.07) is 5.45. The second-order valence-corrected chi connectivity index (χ2v) is 4.59. The van der Waals surface area contributed by atoms with Gasteiger partial charge in [-0.05, 0) is 32.0 Å². The van der Waals surface area contributed by atoms with E-state index in [1.165, 1.54) is 0 Å². The van der Waals surface area contributed by atoms with Crippen LogP contribution < -0.4 is 10.1 Å². The zero-order chi connectivity index (χ0) is 14.1. The van der Waals surface area contributed by atoms with Crippen molar-refractivity contribution < 1.29 is 18.8 Å². The van der Waals surface area contributed by atoms with E-state index < -0.39 is 0 Å². The van der Waals surface area contributed by atoms with E-state index in [2.05, 4.69) is 10.5 Å². The first-order chi connectivity index (χ1) is 9.65. The van der Waals surface area contributed by atoms with Gasteiger partial charge in [-0.1, -0.05) is 5.16 Å². The number of ether oxygens (including phenoxy) is 2. The molecular formula is C14H14N2O4. The zero-order valence-electron chi connectivity index (χ0n) is 11.2. The number of amides is 1. The van der Waals surface area contributed by atoms with E-state index in [1.54, 1.807) is 19.9 Å². The number of carbonyl (C=O) groups is 1. The topological polar surface area (TPSA) is 73.6 Å². The van der Waals surface area contributed by atoms with Crippen LogP contribution in [0.2, 0.25) is 0 Å². The smallest absolute Gasteiger partial charge is 0.261 e. The summed E-state index contributed by atoms with van der Waals surface area (Å²) in [6.45, 7) is 4.19. The first kappa shape index (κ1) is 12.7. The number of carbonyl (C=O) groups excluding carboxylic acids is 1. The molecule has 0 atom stereocenters. The molecule has 6 heteroatoms. The van der Waals surface area contributed by atoms with Gasteiger partial charge in [0.05, 0.1) is 12.3 Å². The number of rotatable bonds is 2. The second kappa shape index (κ2) is 4.97. The maximum Gasteiger partial charge on any atom is 0.261 e. The molecule has 0 aliphatic carbocycles. The van der Waals surface area contributed by atoms with E-state index in [1.807, 2.05) is 12.1 Å². The van der Waals surface area contributed by atoms with E-state index in [0.29, 0.717) is 29.3 Å². The average Bonchev–Trinajstić information content (AvgIpc) is 2.78. The van der Waals surface area contributed by atoms with Crippen molar-refractivity contribution in [2.75, 3.05) is 12.1 Å². The van der Waals surface area contributed by atoms with Crippen LogP contribution in [0, 0.1) is 13.8 Å². The van der Waals surface area contributed by atoms with Gasteiger partial charge in [0.25, 0.3) is 5.91 Å². The Hall–Kier alpha value is -2.34. The molecule has 0 unspecified atom stereocenters. The molecule has 0 saturated carbocycles. The summed E-state index contributed by atoms with van der Waals surface area (Å²) in [5.41, 5.74) is 2.63. The lowest BCUT2D eigenvalue weighted by Gasteiger charge is -2.18. The molecule has 0 fully saturated rings. The van der Waals surface area contributed by atoms with Gasteiger partial charge in [0.1, 0.15) is 17.1 Å². The molecule has 0 bridgehead atoms. The average molecular weight is 274 g/mol. The Morgan fingerprint density at radius 1 is 1.35 bits per heavy atom. The van der Waals surface area contributed by atoms with Crippen LogP contribution in [-0.4, -0.2) is 17.9 Å². The number of anilines is 1. The van der Waals surface area contributed by atoms with Crippen LogP contribution in [0.4, 0.5) is 5.69 Å². The molecule has 6 nitrogen and oxygen atoms in total. The maximum absolute atomic E-state index is 12.2. The summed E-state index contributed by atoms with van der Waals surface area (Å²) in [7, 11) is 0. The number of aromatic nitrogens is 1. The van der Waals surface area contributed by atoms with Crippen molar-refractivity contribution in [3.05, 3.63) is 40.8 Å². The first-order valence-electron chi connectivity index (χ1n) is 6.23. The van der Waals surface area contributed by atoms with Crippen LogP contribution in [0.5, 0.6) is 5.75 Å². The van der Waals surface area contributed by atoms with Gasteiger partial charge in [0, 0.05) is 11.3 Å². The molecule has 2 aromatic rings. The minimum absolute atomic E-state index is 0.237. The minimum atomic E-state index is -0.237. The summed E-state index contributed by atoms with van der Waals surface area (Å²) in [5.74, 6) is 1.05. The fourth-order valence-electron chi connectivity index (χ4n) is 2.17. The van der Waals surface area contributed by atoms with Gasteiger partial charge in [-0.3, -0.25) is 4.79 Å². The molecule has 1 aliphatic heterocycles. The number of aryl methyl sites for hydroxylation is 2. The highest BCUT2D eigenvalue weighted by atomic mass is 16.7. The fourth-order valence-corrected chi connectivity index (χ4v) is 2.17. The van der Waals surface area contributed by atoms with Gasteiger partial charge in [0.15, 0.2) is 6.79 Å². The number of nitrogens with one attached hydrogen (secondary N) is 1. The monoisotopic (exact) mass is 274 g/mol. The Bertz CT molecular complexity index is 644. The third-order valence-corrected chi connectivity index (χ3v) is 3.13. The van der Waals surface area contributed by atoms with E-state index in [9.17, 15) is 4.79 Å². The summed E-state index contributed by atoms with van der Waals surface area (Å²) < 4.78 is 15.5. The lowest BCUT2D eigenvalue weighted by molar-refractivity contribution is -0.0163. The molecular weight excluding hydrogens is 260 g/mol. The van der Waals surface area contributed by atoms with Gasteiger partial charge < -0.3 is 19.3 Å². The molecule has 3 rings (SSSR count). The van der Waals surface area contributed by atoms with Crippen LogP contribution in [0.3, 0.4) is 0 Å². The molecule has 1 aromatic heterocycles. The lowest BCUT2D eigenvalue weighted by atomic mass is 10.1. The number of nitrogens with zero attached hydrogens (tertiary/aromatic N) is 1. The summed E-state index contributed by atoms with van der Waals surface area (Å²) in [6.07, 6.45) is 0. The molecule has 0 radical (unpaired) electrons.